The molecule has 27 heavy (non-hydrogen) atoms. The van der Waals surface area contributed by atoms with Crippen LogP contribution in [-0.4, -0.2) is 43.8 Å². The molecule has 0 bridgehead atoms. The molecule has 0 spiro atoms. The number of benzene rings is 2. The number of hydrogen-bond donors (Lipinski definition) is 1. The molecule has 1 aliphatic heterocycles. The highest BCUT2D eigenvalue weighted by atomic mass is 16.5. The Balaban J connectivity index is 1.52. The number of nitrogens with one attached hydrogen (secondary N) is 1. The monoisotopic (exact) mass is 367 g/mol. The number of methoxy groups -OCH3 is 2. The highest BCUT2D eigenvalue weighted by molar-refractivity contribution is 5.96. The van der Waals surface area contributed by atoms with Gasteiger partial charge in [-0.1, -0.05) is 30.3 Å². The van der Waals surface area contributed by atoms with Crippen LogP contribution < -0.4 is 14.9 Å². The van der Waals surface area contributed by atoms with Gasteiger partial charge >= 0.3 is 0 Å². The maximum Gasteiger partial charge on any atom is 0.271 e. The van der Waals surface area contributed by atoms with Crippen molar-refractivity contribution >= 4 is 11.6 Å². The Bertz CT molecular complexity index is 796. The molecule has 0 radical (unpaired) electrons. The van der Waals surface area contributed by atoms with Crippen LogP contribution in [0.5, 0.6) is 11.5 Å². The molecule has 1 N–H and O–H groups in total. The van der Waals surface area contributed by atoms with E-state index in [4.69, 9.17) is 9.47 Å². The van der Waals surface area contributed by atoms with Crippen LogP contribution in [0.2, 0.25) is 0 Å². The van der Waals surface area contributed by atoms with E-state index in [9.17, 15) is 4.79 Å². The molecule has 1 saturated heterocycles. The number of hydrogen-bond acceptors (Lipinski definition) is 5. The van der Waals surface area contributed by atoms with Crippen LogP contribution in [0.25, 0.3) is 0 Å². The molecule has 1 heterocycles. The smallest absolute Gasteiger partial charge is 0.271 e. The number of rotatable bonds is 6. The van der Waals surface area contributed by atoms with Crippen LogP contribution in [0.4, 0.5) is 0 Å². The van der Waals surface area contributed by atoms with Gasteiger partial charge in [-0.3, -0.25) is 9.69 Å². The van der Waals surface area contributed by atoms with Crippen molar-refractivity contribution in [1.29, 1.82) is 0 Å². The molecule has 0 unspecified atom stereocenters. The van der Waals surface area contributed by atoms with Crippen molar-refractivity contribution in [1.82, 2.24) is 10.3 Å². The second-order valence-corrected chi connectivity index (χ2v) is 6.45. The zero-order chi connectivity index (χ0) is 19.1. The Labute approximate surface area is 159 Å². The number of amides is 1. The predicted molar refractivity (Wildman–Crippen MR) is 105 cm³/mol. The van der Waals surface area contributed by atoms with Gasteiger partial charge in [0.05, 0.1) is 14.2 Å². The van der Waals surface area contributed by atoms with Gasteiger partial charge in [0.15, 0.2) is 11.5 Å². The van der Waals surface area contributed by atoms with E-state index >= 15 is 0 Å². The topological polar surface area (TPSA) is 63.2 Å². The van der Waals surface area contributed by atoms with Crippen molar-refractivity contribution in [2.75, 3.05) is 27.3 Å². The van der Waals surface area contributed by atoms with Gasteiger partial charge in [-0.15, -0.1) is 0 Å². The van der Waals surface area contributed by atoms with Crippen molar-refractivity contribution < 1.29 is 14.3 Å². The third kappa shape index (κ3) is 5.08. The van der Waals surface area contributed by atoms with Crippen LogP contribution in [0.3, 0.4) is 0 Å². The van der Waals surface area contributed by atoms with Crippen molar-refractivity contribution in [3.8, 4) is 11.5 Å². The van der Waals surface area contributed by atoms with Crippen LogP contribution >= 0.6 is 0 Å². The van der Waals surface area contributed by atoms with Crippen LogP contribution in [-0.2, 0) is 6.54 Å². The molecule has 2 aromatic rings. The molecule has 1 aliphatic rings. The summed E-state index contributed by atoms with van der Waals surface area (Å²) in [5.74, 6) is 0.855. The highest BCUT2D eigenvalue weighted by Gasteiger charge is 2.16. The third-order valence-corrected chi connectivity index (χ3v) is 4.64. The average molecular weight is 367 g/mol. The average Bonchev–Trinajstić information content (AvgIpc) is 2.73. The first kappa shape index (κ1) is 18.9. The predicted octanol–water partition coefficient (Wildman–Crippen LogP) is 3.09. The first-order valence-corrected chi connectivity index (χ1v) is 9.03. The van der Waals surface area contributed by atoms with Crippen molar-refractivity contribution in [2.45, 2.75) is 19.4 Å². The van der Waals surface area contributed by atoms with E-state index in [0.717, 1.165) is 38.2 Å². The first-order valence-electron chi connectivity index (χ1n) is 9.03. The van der Waals surface area contributed by atoms with Gasteiger partial charge in [0.1, 0.15) is 0 Å². The fourth-order valence-corrected chi connectivity index (χ4v) is 3.09. The van der Waals surface area contributed by atoms with Gasteiger partial charge in [0, 0.05) is 43.8 Å². The summed E-state index contributed by atoms with van der Waals surface area (Å²) >= 11 is 0. The largest absolute Gasteiger partial charge is 0.493 e. The number of carbonyl (C=O) groups excluding carboxylic acids is 1. The van der Waals surface area contributed by atoms with Crippen molar-refractivity contribution in [2.24, 2.45) is 5.10 Å². The van der Waals surface area contributed by atoms with E-state index in [1.807, 2.05) is 6.07 Å². The zero-order valence-electron chi connectivity index (χ0n) is 15.8. The summed E-state index contributed by atoms with van der Waals surface area (Å²) in [5, 5.41) is 4.32. The Morgan fingerprint density at radius 2 is 1.74 bits per heavy atom. The summed E-state index contributed by atoms with van der Waals surface area (Å²) in [7, 11) is 3.11. The normalized spacial score (nSPS) is 14.5. The summed E-state index contributed by atoms with van der Waals surface area (Å²) in [4.78, 5) is 14.7. The molecule has 0 saturated carbocycles. The maximum absolute atomic E-state index is 12.3. The molecule has 6 nitrogen and oxygen atoms in total. The van der Waals surface area contributed by atoms with Gasteiger partial charge < -0.3 is 9.47 Å². The van der Waals surface area contributed by atoms with E-state index in [1.165, 1.54) is 5.56 Å². The van der Waals surface area contributed by atoms with Crippen LogP contribution in [0.1, 0.15) is 28.8 Å². The molecular formula is C21H25N3O3. The summed E-state index contributed by atoms with van der Waals surface area (Å²) in [6.45, 7) is 2.84. The van der Waals surface area contributed by atoms with Crippen LogP contribution in [0, 0.1) is 0 Å². The molecule has 1 fully saturated rings. The number of carbonyl (C=O) groups is 1. The lowest BCUT2D eigenvalue weighted by molar-refractivity contribution is 0.0954. The lowest BCUT2D eigenvalue weighted by Gasteiger charge is -2.27. The molecule has 1 amide bonds. The number of ether oxygens (including phenoxy) is 2. The van der Waals surface area contributed by atoms with Crippen LogP contribution in [0.15, 0.2) is 53.6 Å². The molecule has 2 aromatic carbocycles. The minimum Gasteiger partial charge on any atom is -0.493 e. The summed E-state index contributed by atoms with van der Waals surface area (Å²) in [5.41, 5.74) is 5.48. The van der Waals surface area contributed by atoms with Gasteiger partial charge in [-0.2, -0.15) is 5.10 Å². The van der Waals surface area contributed by atoms with E-state index in [2.05, 4.69) is 39.7 Å². The summed E-state index contributed by atoms with van der Waals surface area (Å²) in [6, 6.07) is 15.5. The van der Waals surface area contributed by atoms with Crippen molar-refractivity contribution in [3.63, 3.8) is 0 Å². The fraction of sp³-hybridized carbons (Fsp3) is 0.333. The molecule has 3 rings (SSSR count). The van der Waals surface area contributed by atoms with Crippen molar-refractivity contribution in [3.05, 3.63) is 59.7 Å². The minimum atomic E-state index is -0.254. The lowest BCUT2D eigenvalue weighted by Crippen LogP contribution is -2.34. The number of hydrazone groups is 1. The van der Waals surface area contributed by atoms with E-state index in [1.54, 1.807) is 32.4 Å². The first-order chi connectivity index (χ1) is 13.2. The third-order valence-electron chi connectivity index (χ3n) is 4.64. The second kappa shape index (κ2) is 9.19. The highest BCUT2D eigenvalue weighted by Crippen LogP contribution is 2.27. The zero-order valence-corrected chi connectivity index (χ0v) is 15.8. The Morgan fingerprint density at radius 3 is 2.41 bits per heavy atom. The standard InChI is InChI=1S/C21H25N3O3/c1-26-19-9-8-17(14-20(19)27-2)21(25)23-22-18-10-12-24(13-11-18)15-16-6-4-3-5-7-16/h3-9,14H,10-13,15H2,1-2H3,(H,23,25). The fourth-order valence-electron chi connectivity index (χ4n) is 3.09. The van der Waals surface area contributed by atoms with Gasteiger partial charge in [0.25, 0.3) is 5.91 Å². The quantitative estimate of drug-likeness (QED) is 0.797. The molecule has 6 heteroatoms. The van der Waals surface area contributed by atoms with E-state index in [0.29, 0.717) is 17.1 Å². The lowest BCUT2D eigenvalue weighted by atomic mass is 10.1. The van der Waals surface area contributed by atoms with E-state index < -0.39 is 0 Å². The SMILES string of the molecule is COc1ccc(C(=O)NN=C2CCN(Cc3ccccc3)CC2)cc1OC. The number of piperidine rings is 1. The summed E-state index contributed by atoms with van der Waals surface area (Å²) < 4.78 is 10.4. The van der Waals surface area contributed by atoms with E-state index in [-0.39, 0.29) is 5.91 Å². The molecular weight excluding hydrogens is 342 g/mol. The minimum absolute atomic E-state index is 0.254. The molecule has 0 aliphatic carbocycles. The molecule has 142 valence electrons. The Kier molecular flexibility index (Phi) is 6.44. The Morgan fingerprint density at radius 1 is 1.04 bits per heavy atom. The van der Waals surface area contributed by atoms with Gasteiger partial charge in [0.2, 0.25) is 0 Å². The maximum atomic E-state index is 12.3. The van der Waals surface area contributed by atoms with Gasteiger partial charge in [-0.05, 0) is 23.8 Å². The Hall–Kier alpha value is -2.86. The number of likely N-dealkylation sites (tertiary alicyclic amines) is 1. The second-order valence-electron chi connectivity index (χ2n) is 6.45. The number of nitrogens with zero attached hydrogens (tertiary/aromatic N) is 2. The molecule has 0 atom stereocenters. The summed E-state index contributed by atoms with van der Waals surface area (Å²) in [6.07, 6.45) is 1.72. The van der Waals surface area contributed by atoms with Gasteiger partial charge in [-0.25, -0.2) is 5.43 Å². The molecule has 0 aromatic heterocycles.